The van der Waals surface area contributed by atoms with Crippen LogP contribution in [0, 0.1) is 12.1 Å². The first-order valence-electron chi connectivity index (χ1n) is 15.9. The number of tetrazole rings is 1. The van der Waals surface area contributed by atoms with Crippen LogP contribution in [-0.4, -0.2) is 26.2 Å². The van der Waals surface area contributed by atoms with Crippen LogP contribution < -0.4 is 13.9 Å². The predicted octanol–water partition coefficient (Wildman–Crippen LogP) is 9.40. The molecule has 0 bridgehead atoms. The Hall–Kier alpha value is -6.26. The maximum atomic E-state index is 6.27. The fraction of sp³-hybridized carbons (Fsp3) is 0. The van der Waals surface area contributed by atoms with Gasteiger partial charge in [0.15, 0.2) is 6.33 Å². The topological polar surface area (TPSA) is 58.9 Å². The molecule has 0 atom stereocenters. The monoisotopic (exact) mass is 825 g/mol. The van der Waals surface area contributed by atoms with E-state index in [1.165, 1.54) is 11.1 Å². The molecule has 1 aliphatic rings. The number of rotatable bonds is 7. The van der Waals surface area contributed by atoms with Crippen molar-refractivity contribution in [2.45, 2.75) is 0 Å². The molecule has 0 aliphatic carbocycles. The van der Waals surface area contributed by atoms with Crippen LogP contribution in [0.5, 0.6) is 11.5 Å². The van der Waals surface area contributed by atoms with Gasteiger partial charge in [-0.3, -0.25) is 0 Å². The van der Waals surface area contributed by atoms with Gasteiger partial charge in [0.2, 0.25) is 5.69 Å². The van der Waals surface area contributed by atoms with Crippen LogP contribution in [0.15, 0.2) is 158 Å². The summed E-state index contributed by atoms with van der Waals surface area (Å²) < 4.78 is 10.5. The number of benzene rings is 7. The Kier molecular flexibility index (Phi) is 8.27. The molecule has 0 unspecified atom stereocenters. The normalized spacial score (nSPS) is 11.8. The Morgan fingerprint density at radius 3 is 1.96 bits per heavy atom. The van der Waals surface area contributed by atoms with Gasteiger partial charge in [0, 0.05) is 17.6 Å². The van der Waals surface area contributed by atoms with Crippen LogP contribution in [0.2, 0.25) is 0 Å². The minimum Gasteiger partial charge on any atom is -0.509 e. The summed E-state index contributed by atoms with van der Waals surface area (Å²) in [6.45, 7) is 0. The summed E-state index contributed by atoms with van der Waals surface area (Å²) in [7, 11) is 0. The molecule has 0 fully saturated rings. The molecule has 0 saturated carbocycles. The third-order valence-electron chi connectivity index (χ3n) is 8.50. The minimum absolute atomic E-state index is 0. The zero-order valence-electron chi connectivity index (χ0n) is 26.4. The van der Waals surface area contributed by atoms with Gasteiger partial charge in [-0.15, -0.1) is 34.5 Å². The number of fused-ring (bicyclic) bond motifs is 3. The average Bonchev–Trinajstić information content (AvgIpc) is 3.85. The zero-order valence-corrected chi connectivity index (χ0v) is 28.7. The van der Waals surface area contributed by atoms with Crippen molar-refractivity contribution >= 4 is 39.5 Å². The molecule has 0 N–H and O–H groups in total. The Morgan fingerprint density at radius 2 is 1.24 bits per heavy atom. The SMILES string of the molecule is C1=[N+](c2[c-]c(Oc3[c-]c(-n4ncnn4)ccc3)ccc2)c2ccc3ccccc3c2[N+]=1c1c(-c2ccccc2)cccc1-c1ccccc1.[Pt+2]. The first-order valence-corrected chi connectivity index (χ1v) is 15.9. The molecule has 238 valence electrons. The predicted molar refractivity (Wildman–Crippen MR) is 193 cm³/mol. The molecule has 0 spiro atoms. The second-order valence-corrected chi connectivity index (χ2v) is 11.5. The van der Waals surface area contributed by atoms with Gasteiger partial charge in [0.25, 0.3) is 5.69 Å². The van der Waals surface area contributed by atoms with E-state index in [-0.39, 0.29) is 21.1 Å². The largest absolute Gasteiger partial charge is 2.00 e. The van der Waals surface area contributed by atoms with Gasteiger partial charge in [0.1, 0.15) is 5.69 Å². The molecule has 7 nitrogen and oxygen atoms in total. The van der Waals surface area contributed by atoms with Gasteiger partial charge in [-0.2, -0.15) is 16.9 Å². The fourth-order valence-electron chi connectivity index (χ4n) is 6.33. The molecule has 1 aromatic heterocycles. The molecule has 7 aromatic carbocycles. The van der Waals surface area contributed by atoms with Gasteiger partial charge >= 0.3 is 32.8 Å². The molecular weight excluding hydrogens is 800 g/mol. The summed E-state index contributed by atoms with van der Waals surface area (Å²) in [4.78, 5) is 1.40. The molecule has 50 heavy (non-hydrogen) atoms. The van der Waals surface area contributed by atoms with E-state index >= 15 is 0 Å². The smallest absolute Gasteiger partial charge is 0.509 e. The first-order chi connectivity index (χ1) is 24.3. The van der Waals surface area contributed by atoms with Crippen LogP contribution in [0.3, 0.4) is 0 Å². The van der Waals surface area contributed by atoms with Crippen molar-refractivity contribution < 1.29 is 25.8 Å². The van der Waals surface area contributed by atoms with Crippen LogP contribution >= 0.6 is 0 Å². The van der Waals surface area contributed by atoms with E-state index in [1.807, 2.05) is 48.5 Å². The number of hydrogen-bond donors (Lipinski definition) is 0. The molecule has 0 radical (unpaired) electrons. The van der Waals surface area contributed by atoms with Crippen LogP contribution in [0.25, 0.3) is 38.7 Å². The summed E-state index contributed by atoms with van der Waals surface area (Å²) >= 11 is 0. The summed E-state index contributed by atoms with van der Waals surface area (Å²) in [5, 5.41) is 14.1. The molecule has 2 heterocycles. The maximum absolute atomic E-state index is 6.27. The maximum Gasteiger partial charge on any atom is 2.00 e. The van der Waals surface area contributed by atoms with Crippen LogP contribution in [0.1, 0.15) is 0 Å². The molecular formula is C42H26N6OPt+2. The van der Waals surface area contributed by atoms with Gasteiger partial charge in [-0.1, -0.05) is 102 Å². The van der Waals surface area contributed by atoms with Gasteiger partial charge in [0.05, 0.1) is 16.5 Å². The Bertz CT molecular complexity index is 2500. The standard InChI is InChI=1S/C42H26N6O.Pt/c1-3-12-30(13-4-1)37-22-11-23-38(31-14-5-2-6-15-31)41(37)47-29-46(40-25-24-32-16-7-8-21-39(32)42(40)47)33-17-9-19-35(26-33)49-36-20-10-18-34(27-36)48-44-28-43-45-48;/h1-25,28H;/q;+2. The number of hydrogen-bond acceptors (Lipinski definition) is 4. The Balaban J connectivity index is 0.00000361. The van der Waals surface area contributed by atoms with E-state index in [1.54, 1.807) is 0 Å². The zero-order chi connectivity index (χ0) is 32.6. The number of ether oxygens (including phenoxy) is 1. The fourth-order valence-corrected chi connectivity index (χ4v) is 6.33. The van der Waals surface area contributed by atoms with Crippen molar-refractivity contribution in [3.05, 3.63) is 170 Å². The van der Waals surface area contributed by atoms with E-state index < -0.39 is 0 Å². The van der Waals surface area contributed by atoms with Crippen molar-refractivity contribution in [3.8, 4) is 39.4 Å². The van der Waals surface area contributed by atoms with E-state index in [2.05, 4.69) is 146 Å². The van der Waals surface area contributed by atoms with Gasteiger partial charge in [-0.05, 0) is 56.3 Å². The third-order valence-corrected chi connectivity index (χ3v) is 8.50. The van der Waals surface area contributed by atoms with Crippen molar-refractivity contribution in [2.24, 2.45) is 0 Å². The van der Waals surface area contributed by atoms with Gasteiger partial charge in [-0.25, -0.2) is 0 Å². The minimum atomic E-state index is 0. The van der Waals surface area contributed by atoms with Crippen LogP contribution in [0.4, 0.5) is 22.7 Å². The second-order valence-electron chi connectivity index (χ2n) is 11.5. The molecule has 9 rings (SSSR count). The molecule has 1 aliphatic heterocycles. The Labute approximate surface area is 303 Å². The van der Waals surface area contributed by atoms with Crippen molar-refractivity contribution in [2.75, 3.05) is 0 Å². The summed E-state index contributed by atoms with van der Waals surface area (Å²) in [5.41, 5.74) is 8.93. The van der Waals surface area contributed by atoms with E-state index in [9.17, 15) is 0 Å². The van der Waals surface area contributed by atoms with Crippen molar-refractivity contribution in [1.29, 1.82) is 0 Å². The molecule has 0 amide bonds. The quantitative estimate of drug-likeness (QED) is 0.119. The van der Waals surface area contributed by atoms with E-state index in [4.69, 9.17) is 4.74 Å². The van der Waals surface area contributed by atoms with E-state index in [0.29, 0.717) is 17.2 Å². The van der Waals surface area contributed by atoms with Crippen LogP contribution in [-0.2, 0) is 21.1 Å². The number of para-hydroxylation sites is 1. The average molecular weight is 826 g/mol. The van der Waals surface area contributed by atoms with Crippen molar-refractivity contribution in [1.82, 2.24) is 29.4 Å². The summed E-state index contributed by atoms with van der Waals surface area (Å²) in [6, 6.07) is 62.2. The summed E-state index contributed by atoms with van der Waals surface area (Å²) in [5.74, 6) is 1.05. The molecule has 8 heteroatoms. The number of nitrogens with zero attached hydrogens (tertiary/aromatic N) is 6. The van der Waals surface area contributed by atoms with Gasteiger partial charge < -0.3 is 4.74 Å². The Morgan fingerprint density at radius 1 is 0.580 bits per heavy atom. The third kappa shape index (κ3) is 5.65. The van der Waals surface area contributed by atoms with E-state index in [0.717, 1.165) is 55.8 Å². The first kappa shape index (κ1) is 31.0. The number of aromatic nitrogens is 4. The molecule has 0 saturated heterocycles. The molecule has 8 aromatic rings. The summed E-state index contributed by atoms with van der Waals surface area (Å²) in [6.07, 6.45) is 1.38. The van der Waals surface area contributed by atoms with Crippen molar-refractivity contribution in [3.63, 3.8) is 0 Å². The second kappa shape index (κ2) is 13.3.